The van der Waals surface area contributed by atoms with E-state index in [9.17, 15) is 14.4 Å². The predicted molar refractivity (Wildman–Crippen MR) is 229 cm³/mol. The van der Waals surface area contributed by atoms with Gasteiger partial charge in [0.05, 0.1) is 18.7 Å². The summed E-state index contributed by atoms with van der Waals surface area (Å²) >= 11 is 0. The Hall–Kier alpha value is -4.79. The molecule has 3 aliphatic heterocycles. The number of esters is 1. The minimum atomic E-state index is -0.158. The Labute approximate surface area is 339 Å². The quantitative estimate of drug-likeness (QED) is 0.137. The normalized spacial score (nSPS) is 17.2. The SMILES string of the molecule is C1CCOC1.CCCOC(=O)CCc1cccc(C2CC(=O)Cc3cc(C)c(C)cc3N2)c1.Cc1cc2c(cc1C)NC(c1cccc(CCCO)c1)CC(=O)C2. The van der Waals surface area contributed by atoms with Crippen molar-refractivity contribution in [1.29, 1.82) is 0 Å². The minimum absolute atomic E-state index is 0.00920. The van der Waals surface area contributed by atoms with E-state index in [-0.39, 0.29) is 36.2 Å². The maximum absolute atomic E-state index is 12.5. The number of hydrogen-bond acceptors (Lipinski definition) is 8. The molecule has 8 heteroatoms. The van der Waals surface area contributed by atoms with Gasteiger partial charge in [0, 0.05) is 63.3 Å². The van der Waals surface area contributed by atoms with Crippen LogP contribution in [0.2, 0.25) is 0 Å². The number of benzene rings is 4. The van der Waals surface area contributed by atoms with Crippen LogP contribution < -0.4 is 10.6 Å². The molecule has 0 aliphatic carbocycles. The number of aliphatic hydroxyl groups excluding tert-OH is 1. The van der Waals surface area contributed by atoms with E-state index in [1.165, 1.54) is 40.7 Å². The van der Waals surface area contributed by atoms with E-state index in [0.29, 0.717) is 45.1 Å². The second kappa shape index (κ2) is 21.7. The zero-order valence-electron chi connectivity index (χ0n) is 34.7. The van der Waals surface area contributed by atoms with Gasteiger partial charge in [-0.3, -0.25) is 14.4 Å². The molecule has 2 atom stereocenters. The Morgan fingerprint density at radius 1 is 0.719 bits per heavy atom. The van der Waals surface area contributed by atoms with Gasteiger partial charge in [-0.25, -0.2) is 0 Å². The number of carbonyl (C=O) groups is 3. The van der Waals surface area contributed by atoms with Gasteiger partial charge in [-0.2, -0.15) is 0 Å². The van der Waals surface area contributed by atoms with Crippen molar-refractivity contribution in [2.24, 2.45) is 0 Å². The highest BCUT2D eigenvalue weighted by molar-refractivity contribution is 5.86. The molecule has 4 aromatic carbocycles. The molecule has 0 radical (unpaired) electrons. The lowest BCUT2D eigenvalue weighted by molar-refractivity contribution is -0.143. The van der Waals surface area contributed by atoms with E-state index < -0.39 is 0 Å². The van der Waals surface area contributed by atoms with Crippen LogP contribution in [-0.2, 0) is 49.5 Å². The number of ether oxygens (including phenoxy) is 2. The molecular weight excluding hydrogens is 713 g/mol. The Balaban J connectivity index is 0.000000195. The Morgan fingerprint density at radius 2 is 1.21 bits per heavy atom. The average molecular weight is 775 g/mol. The van der Waals surface area contributed by atoms with Crippen molar-refractivity contribution in [3.05, 3.63) is 128 Å². The minimum Gasteiger partial charge on any atom is -0.466 e. The summed E-state index contributed by atoms with van der Waals surface area (Å²) in [5.74, 6) is 0.359. The lowest BCUT2D eigenvalue weighted by Gasteiger charge is -2.20. The third-order valence-corrected chi connectivity index (χ3v) is 11.0. The molecule has 0 spiro atoms. The van der Waals surface area contributed by atoms with E-state index in [2.05, 4.69) is 92.9 Å². The highest BCUT2D eigenvalue weighted by Crippen LogP contribution is 2.34. The Kier molecular flexibility index (Phi) is 16.5. The second-order valence-electron chi connectivity index (χ2n) is 15.8. The van der Waals surface area contributed by atoms with Gasteiger partial charge in [-0.1, -0.05) is 67.6 Å². The van der Waals surface area contributed by atoms with Gasteiger partial charge in [0.1, 0.15) is 11.6 Å². The van der Waals surface area contributed by atoms with Gasteiger partial charge in [-0.05, 0) is 134 Å². The van der Waals surface area contributed by atoms with Crippen LogP contribution in [0, 0.1) is 27.7 Å². The summed E-state index contributed by atoms with van der Waals surface area (Å²) in [5.41, 5.74) is 13.7. The van der Waals surface area contributed by atoms with Crippen LogP contribution in [0.4, 0.5) is 11.4 Å². The average Bonchev–Trinajstić information content (AvgIpc) is 3.70. The number of anilines is 2. The maximum Gasteiger partial charge on any atom is 0.306 e. The molecule has 304 valence electrons. The predicted octanol–water partition coefficient (Wildman–Crippen LogP) is 9.55. The fourth-order valence-electron chi connectivity index (χ4n) is 7.48. The maximum atomic E-state index is 12.5. The standard InChI is InChI=1S/C24H29NO3.C21H25NO2.C4H8O/c1-4-10-28-24(27)9-8-18-6-5-7-19(13-18)23-15-21(26)14-20-11-16(2)17(3)12-22(20)25-23;1-14-9-18-12-19(24)13-21(22-20(18)10-15(14)2)17-7-3-5-16(11-17)6-4-8-23;1-2-4-5-3-1/h5-7,11-13,23,25H,4,8-10,14-15H2,1-3H3;3,5,7,9-11,21-23H,4,6,8,12-13H2,1-2H3;1-4H2. The summed E-state index contributed by atoms with van der Waals surface area (Å²) in [4.78, 5) is 36.7. The monoisotopic (exact) mass is 774 g/mol. The first-order chi connectivity index (χ1) is 27.5. The number of ketones is 2. The zero-order valence-corrected chi connectivity index (χ0v) is 34.7. The van der Waals surface area contributed by atoms with Gasteiger partial charge in [0.25, 0.3) is 0 Å². The first-order valence-electron chi connectivity index (χ1n) is 20.8. The van der Waals surface area contributed by atoms with Gasteiger partial charge in [-0.15, -0.1) is 0 Å². The summed E-state index contributed by atoms with van der Waals surface area (Å²) < 4.78 is 10.1. The van der Waals surface area contributed by atoms with Crippen molar-refractivity contribution in [2.75, 3.05) is 37.1 Å². The summed E-state index contributed by atoms with van der Waals surface area (Å²) in [6.45, 7) is 13.0. The molecule has 8 nitrogen and oxygen atoms in total. The zero-order chi connectivity index (χ0) is 40.7. The fraction of sp³-hybridized carbons (Fsp3) is 0.449. The highest BCUT2D eigenvalue weighted by Gasteiger charge is 2.25. The number of carbonyl (C=O) groups excluding carboxylic acids is 3. The fourth-order valence-corrected chi connectivity index (χ4v) is 7.48. The van der Waals surface area contributed by atoms with E-state index in [1.54, 1.807) is 0 Å². The first-order valence-corrected chi connectivity index (χ1v) is 20.8. The first kappa shape index (κ1) is 43.3. The van der Waals surface area contributed by atoms with Crippen molar-refractivity contribution >= 4 is 28.9 Å². The van der Waals surface area contributed by atoms with E-state index in [4.69, 9.17) is 14.6 Å². The highest BCUT2D eigenvalue weighted by atomic mass is 16.5. The van der Waals surface area contributed by atoms with Gasteiger partial charge in [0.15, 0.2) is 0 Å². The van der Waals surface area contributed by atoms with E-state index >= 15 is 0 Å². The molecule has 0 saturated carbocycles. The molecule has 2 unspecified atom stereocenters. The third-order valence-electron chi connectivity index (χ3n) is 11.0. The van der Waals surface area contributed by atoms with Gasteiger partial charge < -0.3 is 25.2 Å². The van der Waals surface area contributed by atoms with Gasteiger partial charge in [0.2, 0.25) is 0 Å². The smallest absolute Gasteiger partial charge is 0.306 e. The van der Waals surface area contributed by atoms with Crippen molar-refractivity contribution < 1.29 is 29.0 Å². The molecule has 7 rings (SSSR count). The molecule has 57 heavy (non-hydrogen) atoms. The Morgan fingerprint density at radius 3 is 1.67 bits per heavy atom. The van der Waals surface area contributed by atoms with Crippen LogP contribution in [0.25, 0.3) is 0 Å². The molecule has 4 aromatic rings. The molecule has 3 heterocycles. The molecule has 0 amide bonds. The number of hydrogen-bond donors (Lipinski definition) is 3. The van der Waals surface area contributed by atoms with Crippen molar-refractivity contribution in [3.63, 3.8) is 0 Å². The summed E-state index contributed by atoms with van der Waals surface area (Å²) in [6, 6.07) is 25.1. The molecule has 3 aliphatic rings. The summed E-state index contributed by atoms with van der Waals surface area (Å²) in [7, 11) is 0. The lowest BCUT2D eigenvalue weighted by Crippen LogP contribution is -2.13. The second-order valence-corrected chi connectivity index (χ2v) is 15.8. The number of fused-ring (bicyclic) bond motifs is 2. The molecular formula is C49H62N2O6. The summed E-state index contributed by atoms with van der Waals surface area (Å²) in [5, 5.41) is 16.2. The lowest BCUT2D eigenvalue weighted by atomic mass is 9.97. The van der Waals surface area contributed by atoms with E-state index in [0.717, 1.165) is 71.7 Å². The molecule has 1 fully saturated rings. The van der Waals surface area contributed by atoms with Crippen LogP contribution in [0.5, 0.6) is 0 Å². The topological polar surface area (TPSA) is 114 Å². The number of aryl methyl sites for hydroxylation is 6. The van der Waals surface area contributed by atoms with Crippen LogP contribution in [0.3, 0.4) is 0 Å². The third kappa shape index (κ3) is 13.1. The molecule has 1 saturated heterocycles. The molecule has 0 bridgehead atoms. The molecule has 3 N–H and O–H groups in total. The van der Waals surface area contributed by atoms with Crippen molar-refractivity contribution in [3.8, 4) is 0 Å². The van der Waals surface area contributed by atoms with Crippen molar-refractivity contribution in [2.45, 2.75) is 117 Å². The van der Waals surface area contributed by atoms with Crippen molar-refractivity contribution in [1.82, 2.24) is 0 Å². The number of nitrogens with one attached hydrogen (secondary N) is 2. The number of aliphatic hydroxyl groups is 1. The number of rotatable bonds is 10. The van der Waals surface area contributed by atoms with Crippen LogP contribution >= 0.6 is 0 Å². The Bertz CT molecular complexity index is 1980. The van der Waals surface area contributed by atoms with Crippen LogP contribution in [0.15, 0.2) is 72.8 Å². The van der Waals surface area contributed by atoms with Crippen LogP contribution in [-0.4, -0.2) is 49.1 Å². The molecule has 0 aromatic heterocycles. The number of Topliss-reactive ketones (excluding diaryl/α,β-unsaturated/α-hetero) is 2. The largest absolute Gasteiger partial charge is 0.466 e. The summed E-state index contributed by atoms with van der Waals surface area (Å²) in [6.07, 6.45) is 8.00. The van der Waals surface area contributed by atoms with Crippen LogP contribution in [0.1, 0.15) is 120 Å². The van der Waals surface area contributed by atoms with E-state index in [1.807, 2.05) is 25.1 Å². The van der Waals surface area contributed by atoms with Gasteiger partial charge >= 0.3 is 5.97 Å².